The van der Waals surface area contributed by atoms with Crippen molar-refractivity contribution in [2.24, 2.45) is 0 Å². The molecule has 0 bridgehead atoms. The van der Waals surface area contributed by atoms with Gasteiger partial charge in [-0.1, -0.05) is 24.3 Å². The van der Waals surface area contributed by atoms with Gasteiger partial charge in [-0.2, -0.15) is 0 Å². The normalized spacial score (nSPS) is 16.2. The van der Waals surface area contributed by atoms with Crippen LogP contribution < -0.4 is 10.2 Å². The maximum atomic E-state index is 13.0. The van der Waals surface area contributed by atoms with Gasteiger partial charge in [0.05, 0.1) is 0 Å². The highest BCUT2D eigenvalue weighted by atomic mass is 16.2. The van der Waals surface area contributed by atoms with Crippen LogP contribution in [0.2, 0.25) is 0 Å². The molecule has 180 valence electrons. The van der Waals surface area contributed by atoms with Crippen LogP contribution >= 0.6 is 0 Å². The third kappa shape index (κ3) is 4.51. The molecule has 7 nitrogen and oxygen atoms in total. The van der Waals surface area contributed by atoms with E-state index in [1.807, 2.05) is 37.3 Å². The lowest BCUT2D eigenvalue weighted by atomic mass is 9.94. The highest BCUT2D eigenvalue weighted by Gasteiger charge is 2.32. The third-order valence-corrected chi connectivity index (χ3v) is 6.99. The summed E-state index contributed by atoms with van der Waals surface area (Å²) in [5, 5.41) is 4.59. The second kappa shape index (κ2) is 9.50. The summed E-state index contributed by atoms with van der Waals surface area (Å²) in [6.07, 6.45) is 0.627. The van der Waals surface area contributed by atoms with Gasteiger partial charge < -0.3 is 15.1 Å². The lowest BCUT2D eigenvalue weighted by Crippen LogP contribution is -2.44. The molecule has 1 N–H and O–H groups in total. The number of nitrogens with one attached hydrogen (secondary N) is 1. The van der Waals surface area contributed by atoms with E-state index in [2.05, 4.69) is 34.3 Å². The van der Waals surface area contributed by atoms with E-state index < -0.39 is 0 Å². The minimum Gasteiger partial charge on any atom is -0.369 e. The molecule has 3 aromatic carbocycles. The van der Waals surface area contributed by atoms with Crippen LogP contribution in [-0.2, 0) is 4.79 Å². The number of imide groups is 1. The molecule has 7 heteroatoms. The fourth-order valence-corrected chi connectivity index (χ4v) is 4.94. The Morgan fingerprint density at radius 2 is 1.57 bits per heavy atom. The number of carbonyl (C=O) groups is 3. The van der Waals surface area contributed by atoms with Gasteiger partial charge in [-0.25, -0.2) is 0 Å². The van der Waals surface area contributed by atoms with Crippen molar-refractivity contribution in [3.05, 3.63) is 71.3 Å². The molecule has 0 radical (unpaired) electrons. The van der Waals surface area contributed by atoms with Crippen molar-refractivity contribution in [1.82, 2.24) is 9.80 Å². The van der Waals surface area contributed by atoms with Crippen LogP contribution in [0, 0.1) is 6.92 Å². The Morgan fingerprint density at radius 3 is 2.20 bits per heavy atom. The Labute approximate surface area is 205 Å². The number of carbonyl (C=O) groups excluding carboxylic acids is 3. The van der Waals surface area contributed by atoms with Crippen LogP contribution in [-0.4, -0.2) is 67.3 Å². The summed E-state index contributed by atoms with van der Waals surface area (Å²) < 4.78 is 0. The van der Waals surface area contributed by atoms with Crippen molar-refractivity contribution in [2.75, 3.05) is 50.0 Å². The summed E-state index contributed by atoms with van der Waals surface area (Å²) in [7, 11) is 2.14. The van der Waals surface area contributed by atoms with E-state index in [0.717, 1.165) is 48.2 Å². The van der Waals surface area contributed by atoms with E-state index in [0.29, 0.717) is 17.5 Å². The van der Waals surface area contributed by atoms with Crippen LogP contribution in [0.25, 0.3) is 10.8 Å². The summed E-state index contributed by atoms with van der Waals surface area (Å²) in [5.74, 6) is -0.718. The minimum atomic E-state index is -0.296. The fraction of sp³-hybridized carbons (Fsp3) is 0.321. The summed E-state index contributed by atoms with van der Waals surface area (Å²) in [6.45, 7) is 6.28. The van der Waals surface area contributed by atoms with Gasteiger partial charge in [-0.05, 0) is 61.7 Å². The molecule has 2 aliphatic rings. The maximum absolute atomic E-state index is 13.0. The van der Waals surface area contributed by atoms with Gasteiger partial charge in [0.2, 0.25) is 5.91 Å². The van der Waals surface area contributed by atoms with Crippen LogP contribution in [0.5, 0.6) is 0 Å². The molecule has 2 aliphatic heterocycles. The molecule has 0 spiro atoms. The quantitative estimate of drug-likeness (QED) is 0.553. The molecule has 1 saturated heterocycles. The van der Waals surface area contributed by atoms with Gasteiger partial charge in [-0.15, -0.1) is 0 Å². The zero-order chi connectivity index (χ0) is 24.5. The number of rotatable bonds is 6. The first-order valence-electron chi connectivity index (χ1n) is 12.1. The molecule has 3 aromatic rings. The number of piperazine rings is 1. The average molecular weight is 471 g/mol. The predicted molar refractivity (Wildman–Crippen MR) is 138 cm³/mol. The Kier molecular flexibility index (Phi) is 6.26. The van der Waals surface area contributed by atoms with Crippen molar-refractivity contribution in [2.45, 2.75) is 19.8 Å². The molecule has 0 saturated carbocycles. The third-order valence-electron chi connectivity index (χ3n) is 6.99. The maximum Gasteiger partial charge on any atom is 0.261 e. The molecule has 0 atom stereocenters. The van der Waals surface area contributed by atoms with Crippen LogP contribution in [0.15, 0.2) is 54.6 Å². The standard InChI is InChI=1S/C28H30N4O3/c1-19-18-21(31-16-14-30(2)15-17-31)11-12-24(19)29-25(33)10-5-13-32-27(34)22-8-3-6-20-7-4-9-23(26(20)22)28(32)35/h3-4,6-9,11-12,18H,5,10,13-17H2,1-2H3,(H,29,33). The Hall–Kier alpha value is -3.71. The largest absolute Gasteiger partial charge is 0.369 e. The molecular formula is C28H30N4O3. The van der Waals surface area contributed by atoms with Crippen molar-refractivity contribution in [3.8, 4) is 0 Å². The zero-order valence-corrected chi connectivity index (χ0v) is 20.2. The summed E-state index contributed by atoms with van der Waals surface area (Å²) in [6, 6.07) is 17.1. The molecular weight excluding hydrogens is 440 g/mol. The highest BCUT2D eigenvalue weighted by Crippen LogP contribution is 2.30. The smallest absolute Gasteiger partial charge is 0.261 e. The minimum absolute atomic E-state index is 0.125. The van der Waals surface area contributed by atoms with Crippen molar-refractivity contribution >= 4 is 39.9 Å². The van der Waals surface area contributed by atoms with E-state index in [-0.39, 0.29) is 30.7 Å². The van der Waals surface area contributed by atoms with Crippen molar-refractivity contribution in [3.63, 3.8) is 0 Å². The first-order chi connectivity index (χ1) is 16.9. The van der Waals surface area contributed by atoms with Gasteiger partial charge in [0.1, 0.15) is 0 Å². The molecule has 1 fully saturated rings. The molecule has 3 amide bonds. The molecule has 35 heavy (non-hydrogen) atoms. The molecule has 0 aliphatic carbocycles. The summed E-state index contributed by atoms with van der Waals surface area (Å²) in [4.78, 5) is 44.6. The topological polar surface area (TPSA) is 73.0 Å². The van der Waals surface area contributed by atoms with E-state index >= 15 is 0 Å². The first kappa shape index (κ1) is 23.1. The molecule has 5 rings (SSSR count). The Balaban J connectivity index is 1.19. The van der Waals surface area contributed by atoms with Gasteiger partial charge in [0, 0.05) is 67.0 Å². The Morgan fingerprint density at radius 1 is 0.914 bits per heavy atom. The van der Waals surface area contributed by atoms with E-state index in [4.69, 9.17) is 0 Å². The molecule has 2 heterocycles. The zero-order valence-electron chi connectivity index (χ0n) is 20.2. The monoisotopic (exact) mass is 470 g/mol. The van der Waals surface area contributed by atoms with Gasteiger partial charge >= 0.3 is 0 Å². The first-order valence-corrected chi connectivity index (χ1v) is 12.1. The number of aryl methyl sites for hydroxylation is 1. The van der Waals surface area contributed by atoms with Crippen molar-refractivity contribution < 1.29 is 14.4 Å². The number of nitrogens with zero attached hydrogens (tertiary/aromatic N) is 3. The highest BCUT2D eigenvalue weighted by molar-refractivity contribution is 6.25. The lowest BCUT2D eigenvalue weighted by molar-refractivity contribution is -0.116. The predicted octanol–water partition coefficient (Wildman–Crippen LogP) is 3.91. The van der Waals surface area contributed by atoms with Crippen LogP contribution in [0.1, 0.15) is 39.1 Å². The van der Waals surface area contributed by atoms with E-state index in [1.54, 1.807) is 12.1 Å². The molecule has 0 aromatic heterocycles. The number of anilines is 2. The van der Waals surface area contributed by atoms with Crippen LogP contribution in [0.3, 0.4) is 0 Å². The van der Waals surface area contributed by atoms with Gasteiger partial charge in [0.15, 0.2) is 0 Å². The van der Waals surface area contributed by atoms with Crippen molar-refractivity contribution in [1.29, 1.82) is 0 Å². The molecule has 0 unspecified atom stereocenters. The second-order valence-electron chi connectivity index (χ2n) is 9.41. The second-order valence-corrected chi connectivity index (χ2v) is 9.41. The number of hydrogen-bond donors (Lipinski definition) is 1. The van der Waals surface area contributed by atoms with E-state index in [9.17, 15) is 14.4 Å². The fourth-order valence-electron chi connectivity index (χ4n) is 4.94. The van der Waals surface area contributed by atoms with Gasteiger partial charge in [-0.3, -0.25) is 19.3 Å². The number of likely N-dealkylation sites (N-methyl/N-ethyl adjacent to an activating group) is 1. The number of amides is 3. The number of hydrogen-bond acceptors (Lipinski definition) is 5. The van der Waals surface area contributed by atoms with Gasteiger partial charge in [0.25, 0.3) is 11.8 Å². The Bertz CT molecular complexity index is 1260. The number of benzene rings is 3. The van der Waals surface area contributed by atoms with E-state index in [1.165, 1.54) is 10.6 Å². The lowest BCUT2D eigenvalue weighted by Gasteiger charge is -2.34. The SMILES string of the molecule is Cc1cc(N2CCN(C)CC2)ccc1NC(=O)CCCN1C(=O)c2cccc3cccc(c23)C1=O. The summed E-state index contributed by atoms with van der Waals surface area (Å²) in [5.41, 5.74) is 4.06. The summed E-state index contributed by atoms with van der Waals surface area (Å²) >= 11 is 0. The van der Waals surface area contributed by atoms with Crippen LogP contribution in [0.4, 0.5) is 11.4 Å². The average Bonchev–Trinajstić information content (AvgIpc) is 2.86.